The van der Waals surface area contributed by atoms with Gasteiger partial charge in [-0.3, -0.25) is 9.59 Å². The van der Waals surface area contributed by atoms with Gasteiger partial charge in [-0.2, -0.15) is 4.31 Å². The summed E-state index contributed by atoms with van der Waals surface area (Å²) in [4.78, 5) is 28.0. The molecule has 0 bridgehead atoms. The summed E-state index contributed by atoms with van der Waals surface area (Å²) in [7, 11) is -3.79. The maximum absolute atomic E-state index is 14.1. The van der Waals surface area contributed by atoms with Gasteiger partial charge in [0.25, 0.3) is 0 Å². The molecule has 1 aliphatic rings. The first kappa shape index (κ1) is 25.7. The van der Waals surface area contributed by atoms with Crippen molar-refractivity contribution in [3.63, 3.8) is 0 Å². The number of carbonyl (C=O) groups excluding carboxylic acids is 2. The molecule has 9 nitrogen and oxygen atoms in total. The lowest BCUT2D eigenvalue weighted by molar-refractivity contribution is -0.114. The lowest BCUT2D eigenvalue weighted by Crippen LogP contribution is -2.45. The zero-order valence-corrected chi connectivity index (χ0v) is 20.8. The van der Waals surface area contributed by atoms with Crippen molar-refractivity contribution in [3.8, 4) is 0 Å². The lowest BCUT2D eigenvalue weighted by Gasteiger charge is -2.32. The molecule has 1 fully saturated rings. The minimum atomic E-state index is -3.79. The van der Waals surface area contributed by atoms with E-state index in [-0.39, 0.29) is 39.2 Å². The van der Waals surface area contributed by atoms with Crippen LogP contribution >= 0.6 is 11.3 Å². The Morgan fingerprint density at radius 3 is 2.44 bits per heavy atom. The largest absolute Gasteiger partial charge is 0.382 e. The van der Waals surface area contributed by atoms with Crippen molar-refractivity contribution >= 4 is 49.7 Å². The number of hydrogen-bond donors (Lipinski definition) is 3. The summed E-state index contributed by atoms with van der Waals surface area (Å²) >= 11 is 0.852. The molecule has 2 aromatic carbocycles. The van der Waals surface area contributed by atoms with E-state index in [0.29, 0.717) is 25.1 Å². The Morgan fingerprint density at radius 2 is 1.81 bits per heavy atom. The maximum Gasteiger partial charge on any atom is 0.243 e. The van der Waals surface area contributed by atoms with Crippen LogP contribution in [0.3, 0.4) is 0 Å². The number of ketones is 1. The fourth-order valence-electron chi connectivity index (χ4n) is 3.90. The normalized spacial score (nSPS) is 16.5. The van der Waals surface area contributed by atoms with Crippen molar-refractivity contribution in [2.24, 2.45) is 0 Å². The highest BCUT2D eigenvalue weighted by Crippen LogP contribution is 2.31. The second-order valence-electron chi connectivity index (χ2n) is 8.21. The standard InChI is InChI=1S/C23H23F2N5O4S2/c1-13(31)27-14-7-9-16(10-8-14)36(33,34)30-11-3-4-15(12-30)28-23-29-22(26)21(35-23)20(32)19-17(24)5-2-6-18(19)25/h2,5-10,15H,3-4,11-12,26H2,1H3,(H,27,31)(H,28,29). The third-order valence-electron chi connectivity index (χ3n) is 5.57. The van der Waals surface area contributed by atoms with E-state index in [1.165, 1.54) is 35.5 Å². The Kier molecular flexibility index (Phi) is 7.33. The number of piperidine rings is 1. The van der Waals surface area contributed by atoms with Crippen LogP contribution in [0.1, 0.15) is 35.0 Å². The van der Waals surface area contributed by atoms with Gasteiger partial charge in [-0.15, -0.1) is 0 Å². The van der Waals surface area contributed by atoms with E-state index in [1.807, 2.05) is 0 Å². The number of amides is 1. The molecule has 1 unspecified atom stereocenters. The minimum Gasteiger partial charge on any atom is -0.382 e. The summed E-state index contributed by atoms with van der Waals surface area (Å²) in [5.41, 5.74) is 5.64. The molecule has 1 amide bonds. The third kappa shape index (κ3) is 5.37. The number of nitrogens with two attached hydrogens (primary N) is 1. The molecule has 0 saturated carbocycles. The van der Waals surface area contributed by atoms with Crippen molar-refractivity contribution in [2.75, 3.05) is 29.5 Å². The zero-order valence-electron chi connectivity index (χ0n) is 19.1. The predicted molar refractivity (Wildman–Crippen MR) is 132 cm³/mol. The molecule has 1 atom stereocenters. The minimum absolute atomic E-state index is 0.0931. The van der Waals surface area contributed by atoms with Crippen LogP contribution in [0.5, 0.6) is 0 Å². The van der Waals surface area contributed by atoms with Gasteiger partial charge in [0.2, 0.25) is 21.7 Å². The molecule has 1 aromatic heterocycles. The molecule has 3 aromatic rings. The van der Waals surface area contributed by atoms with Crippen LogP contribution in [0, 0.1) is 11.6 Å². The smallest absolute Gasteiger partial charge is 0.243 e. The van der Waals surface area contributed by atoms with Crippen molar-refractivity contribution in [2.45, 2.75) is 30.7 Å². The molecule has 1 saturated heterocycles. The molecule has 1 aliphatic heterocycles. The van der Waals surface area contributed by atoms with Gasteiger partial charge in [-0.25, -0.2) is 22.2 Å². The van der Waals surface area contributed by atoms with E-state index < -0.39 is 33.0 Å². The number of rotatable bonds is 7. The van der Waals surface area contributed by atoms with Crippen LogP contribution in [-0.4, -0.2) is 48.5 Å². The van der Waals surface area contributed by atoms with E-state index in [0.717, 1.165) is 29.5 Å². The van der Waals surface area contributed by atoms with Gasteiger partial charge in [0, 0.05) is 31.7 Å². The zero-order chi connectivity index (χ0) is 26.0. The Bertz CT molecular complexity index is 1390. The van der Waals surface area contributed by atoms with Gasteiger partial charge < -0.3 is 16.4 Å². The number of nitrogen functional groups attached to an aromatic ring is 1. The van der Waals surface area contributed by atoms with Crippen LogP contribution < -0.4 is 16.4 Å². The quantitative estimate of drug-likeness (QED) is 0.395. The number of carbonyl (C=O) groups is 2. The number of sulfonamides is 1. The Balaban J connectivity index is 1.48. The van der Waals surface area contributed by atoms with Gasteiger partial charge in [0.1, 0.15) is 22.3 Å². The Morgan fingerprint density at radius 1 is 1.14 bits per heavy atom. The van der Waals surface area contributed by atoms with Crippen LogP contribution in [0.25, 0.3) is 0 Å². The summed E-state index contributed by atoms with van der Waals surface area (Å²) in [6.07, 6.45) is 1.21. The van der Waals surface area contributed by atoms with Crippen LogP contribution in [-0.2, 0) is 14.8 Å². The van der Waals surface area contributed by atoms with E-state index in [2.05, 4.69) is 15.6 Å². The number of halogens is 2. The molecule has 2 heterocycles. The number of hydrogen-bond acceptors (Lipinski definition) is 8. The van der Waals surface area contributed by atoms with Gasteiger partial charge in [-0.05, 0) is 49.2 Å². The van der Waals surface area contributed by atoms with Crippen molar-refractivity contribution < 1.29 is 26.8 Å². The average Bonchev–Trinajstić information content (AvgIpc) is 3.19. The molecule has 0 spiro atoms. The van der Waals surface area contributed by atoms with E-state index in [1.54, 1.807) is 0 Å². The van der Waals surface area contributed by atoms with Crippen LogP contribution in [0.4, 0.5) is 25.4 Å². The average molecular weight is 536 g/mol. The van der Waals surface area contributed by atoms with Crippen molar-refractivity contribution in [1.29, 1.82) is 0 Å². The maximum atomic E-state index is 14.1. The highest BCUT2D eigenvalue weighted by molar-refractivity contribution is 7.89. The molecule has 13 heteroatoms. The van der Waals surface area contributed by atoms with Gasteiger partial charge in [0.15, 0.2) is 5.13 Å². The van der Waals surface area contributed by atoms with Crippen LogP contribution in [0.15, 0.2) is 47.4 Å². The second kappa shape index (κ2) is 10.3. The number of anilines is 3. The lowest BCUT2D eigenvalue weighted by atomic mass is 10.1. The van der Waals surface area contributed by atoms with Crippen molar-refractivity contribution in [3.05, 3.63) is 64.5 Å². The van der Waals surface area contributed by atoms with Gasteiger partial charge in [-0.1, -0.05) is 17.4 Å². The highest BCUT2D eigenvalue weighted by Gasteiger charge is 2.31. The number of benzene rings is 2. The summed E-state index contributed by atoms with van der Waals surface area (Å²) in [6.45, 7) is 1.82. The van der Waals surface area contributed by atoms with Gasteiger partial charge in [0.05, 0.1) is 10.5 Å². The monoisotopic (exact) mass is 535 g/mol. The molecule has 36 heavy (non-hydrogen) atoms. The summed E-state index contributed by atoms with van der Waals surface area (Å²) in [5, 5.41) is 5.93. The van der Waals surface area contributed by atoms with E-state index >= 15 is 0 Å². The molecular weight excluding hydrogens is 512 g/mol. The SMILES string of the molecule is CC(=O)Nc1ccc(S(=O)(=O)N2CCCC(Nc3nc(N)c(C(=O)c4c(F)cccc4F)s3)C2)cc1. The highest BCUT2D eigenvalue weighted by atomic mass is 32.2. The first-order valence-electron chi connectivity index (χ1n) is 11.0. The van der Waals surface area contributed by atoms with Gasteiger partial charge >= 0.3 is 0 Å². The van der Waals surface area contributed by atoms with E-state index in [4.69, 9.17) is 5.73 Å². The first-order valence-corrected chi connectivity index (χ1v) is 13.2. The predicted octanol–water partition coefficient (Wildman–Crippen LogP) is 3.46. The Hall–Kier alpha value is -3.42. The Labute approximate surface area is 210 Å². The molecule has 4 N–H and O–H groups in total. The number of thiazole rings is 1. The molecule has 0 radical (unpaired) electrons. The van der Waals surface area contributed by atoms with Crippen LogP contribution in [0.2, 0.25) is 0 Å². The van der Waals surface area contributed by atoms with E-state index in [9.17, 15) is 26.8 Å². The third-order valence-corrected chi connectivity index (χ3v) is 8.45. The molecular formula is C23H23F2N5O4S2. The van der Waals surface area contributed by atoms with Crippen molar-refractivity contribution in [1.82, 2.24) is 9.29 Å². The first-order chi connectivity index (χ1) is 17.1. The molecule has 0 aliphatic carbocycles. The number of nitrogens with one attached hydrogen (secondary N) is 2. The number of nitrogens with zero attached hydrogens (tertiary/aromatic N) is 2. The fourth-order valence-corrected chi connectivity index (χ4v) is 6.33. The topological polar surface area (TPSA) is 134 Å². The number of aromatic nitrogens is 1. The summed E-state index contributed by atoms with van der Waals surface area (Å²) in [6, 6.07) is 8.69. The molecule has 190 valence electrons. The second-order valence-corrected chi connectivity index (χ2v) is 11.1. The summed E-state index contributed by atoms with van der Waals surface area (Å²) in [5.74, 6) is -3.35. The molecule has 4 rings (SSSR count). The fraction of sp³-hybridized carbons (Fsp3) is 0.261. The summed E-state index contributed by atoms with van der Waals surface area (Å²) < 4.78 is 55.8.